The van der Waals surface area contributed by atoms with Gasteiger partial charge in [-0.3, -0.25) is 4.90 Å². The van der Waals surface area contributed by atoms with Crippen molar-refractivity contribution in [2.45, 2.75) is 37.6 Å². The van der Waals surface area contributed by atoms with Crippen LogP contribution in [0.25, 0.3) is 0 Å². The average Bonchev–Trinajstić information content (AvgIpc) is 3.06. The van der Waals surface area contributed by atoms with E-state index >= 15 is 0 Å². The van der Waals surface area contributed by atoms with Crippen LogP contribution in [0.1, 0.15) is 18.4 Å². The zero-order chi connectivity index (χ0) is 14.2. The van der Waals surface area contributed by atoms with Gasteiger partial charge in [0.2, 0.25) is 6.79 Å². The Morgan fingerprint density at radius 2 is 2.14 bits per heavy atom. The first-order chi connectivity index (χ1) is 10.3. The van der Waals surface area contributed by atoms with E-state index in [1.807, 2.05) is 6.07 Å². The van der Waals surface area contributed by atoms with Crippen LogP contribution in [-0.4, -0.2) is 50.2 Å². The van der Waals surface area contributed by atoms with Gasteiger partial charge in [-0.1, -0.05) is 6.07 Å². The van der Waals surface area contributed by atoms with Gasteiger partial charge < -0.3 is 18.9 Å². The summed E-state index contributed by atoms with van der Waals surface area (Å²) in [6, 6.07) is 6.65. The minimum absolute atomic E-state index is 0.196. The lowest BCUT2D eigenvalue weighted by molar-refractivity contribution is -0.0326. The average molecular weight is 291 g/mol. The first-order valence-corrected chi connectivity index (χ1v) is 7.62. The molecule has 2 heterocycles. The molecule has 0 N–H and O–H groups in total. The maximum Gasteiger partial charge on any atom is 0.231 e. The van der Waals surface area contributed by atoms with E-state index in [4.69, 9.17) is 18.9 Å². The number of rotatable bonds is 3. The highest BCUT2D eigenvalue weighted by atomic mass is 16.7. The number of benzene rings is 1. The van der Waals surface area contributed by atoms with Crippen molar-refractivity contribution in [2.24, 2.45) is 0 Å². The summed E-state index contributed by atoms with van der Waals surface area (Å²) in [7, 11) is 1.80. The molecule has 21 heavy (non-hydrogen) atoms. The second-order valence-electron chi connectivity index (χ2n) is 5.91. The Balaban J connectivity index is 1.53. The van der Waals surface area contributed by atoms with Gasteiger partial charge >= 0.3 is 0 Å². The maximum absolute atomic E-state index is 5.93. The molecule has 4 rings (SSSR count). The molecule has 1 saturated carbocycles. The van der Waals surface area contributed by atoms with Crippen LogP contribution in [0.5, 0.6) is 11.5 Å². The number of ether oxygens (including phenoxy) is 4. The maximum atomic E-state index is 5.93. The summed E-state index contributed by atoms with van der Waals surface area (Å²) in [5.74, 6) is 1.69. The Labute approximate surface area is 124 Å². The van der Waals surface area contributed by atoms with Crippen LogP contribution in [0.3, 0.4) is 0 Å². The molecule has 3 atom stereocenters. The van der Waals surface area contributed by atoms with Crippen LogP contribution in [-0.2, 0) is 16.0 Å². The second kappa shape index (κ2) is 5.48. The minimum atomic E-state index is 0.196. The van der Waals surface area contributed by atoms with E-state index in [1.54, 1.807) is 7.11 Å². The number of fused-ring (bicyclic) bond motifs is 3. The van der Waals surface area contributed by atoms with Crippen molar-refractivity contribution >= 4 is 0 Å². The fraction of sp³-hybridized carbons (Fsp3) is 0.625. The van der Waals surface area contributed by atoms with Gasteiger partial charge in [0.05, 0.1) is 18.8 Å². The van der Waals surface area contributed by atoms with Gasteiger partial charge in [0.25, 0.3) is 0 Å². The van der Waals surface area contributed by atoms with Crippen LogP contribution in [0, 0.1) is 0 Å². The van der Waals surface area contributed by atoms with Crippen LogP contribution < -0.4 is 9.47 Å². The van der Waals surface area contributed by atoms with Crippen LogP contribution >= 0.6 is 0 Å². The van der Waals surface area contributed by atoms with Gasteiger partial charge in [-0.05, 0) is 30.5 Å². The molecule has 1 saturated heterocycles. The first-order valence-electron chi connectivity index (χ1n) is 7.62. The molecular weight excluding hydrogens is 270 g/mol. The molecule has 1 aliphatic carbocycles. The molecule has 2 fully saturated rings. The predicted molar refractivity (Wildman–Crippen MR) is 76.5 cm³/mol. The van der Waals surface area contributed by atoms with Gasteiger partial charge in [-0.2, -0.15) is 0 Å². The number of nitrogens with zero attached hydrogens (tertiary/aromatic N) is 1. The molecule has 5 nitrogen and oxygen atoms in total. The van der Waals surface area contributed by atoms with Crippen LogP contribution in [0.15, 0.2) is 18.2 Å². The van der Waals surface area contributed by atoms with Crippen molar-refractivity contribution in [3.8, 4) is 11.5 Å². The quantitative estimate of drug-likeness (QED) is 0.849. The van der Waals surface area contributed by atoms with Crippen molar-refractivity contribution in [2.75, 3.05) is 27.1 Å². The van der Waals surface area contributed by atoms with E-state index in [2.05, 4.69) is 17.0 Å². The molecule has 3 aliphatic rings. The summed E-state index contributed by atoms with van der Waals surface area (Å²) in [4.78, 5) is 2.48. The van der Waals surface area contributed by atoms with Crippen molar-refractivity contribution in [3.63, 3.8) is 0 Å². The van der Waals surface area contributed by atoms with Crippen molar-refractivity contribution in [3.05, 3.63) is 23.8 Å². The van der Waals surface area contributed by atoms with E-state index in [0.29, 0.717) is 12.8 Å². The standard InChI is InChI=1S/C16H21NO4/c1-18-16-12-3-5-14(16)19-7-6-17(12)9-11-2-4-13-15(8-11)21-10-20-13/h2,4,8,12,14,16H,3,5-7,9-10H2,1H3/t12-,14-,16-/m1/s1. The third-order valence-corrected chi connectivity index (χ3v) is 4.77. The van der Waals surface area contributed by atoms with E-state index in [1.165, 1.54) is 5.56 Å². The molecule has 0 spiro atoms. The SMILES string of the molecule is CO[C@@H]1[C@H]2CC[C@H]1OCCN2Cc1ccc2c(c1)OCO2. The Morgan fingerprint density at radius 3 is 3.05 bits per heavy atom. The summed E-state index contributed by atoms with van der Waals surface area (Å²) in [6.07, 6.45) is 2.71. The monoisotopic (exact) mass is 291 g/mol. The third kappa shape index (κ3) is 2.39. The number of hydrogen-bond donors (Lipinski definition) is 0. The molecule has 5 heteroatoms. The van der Waals surface area contributed by atoms with Gasteiger partial charge in [0.1, 0.15) is 0 Å². The van der Waals surface area contributed by atoms with Crippen molar-refractivity contribution in [1.82, 2.24) is 4.90 Å². The van der Waals surface area contributed by atoms with E-state index in [0.717, 1.165) is 44.0 Å². The second-order valence-corrected chi connectivity index (χ2v) is 5.91. The van der Waals surface area contributed by atoms with E-state index < -0.39 is 0 Å². The molecule has 0 radical (unpaired) electrons. The van der Waals surface area contributed by atoms with Crippen molar-refractivity contribution in [1.29, 1.82) is 0 Å². The number of hydrogen-bond acceptors (Lipinski definition) is 5. The lowest BCUT2D eigenvalue weighted by Gasteiger charge is -2.30. The number of methoxy groups -OCH3 is 1. The Bertz CT molecular complexity index is 521. The van der Waals surface area contributed by atoms with Crippen LogP contribution in [0.4, 0.5) is 0 Å². The topological polar surface area (TPSA) is 40.2 Å². The zero-order valence-electron chi connectivity index (χ0n) is 12.3. The van der Waals surface area contributed by atoms with Gasteiger partial charge in [-0.15, -0.1) is 0 Å². The van der Waals surface area contributed by atoms with Gasteiger partial charge in [0.15, 0.2) is 11.5 Å². The summed E-state index contributed by atoms with van der Waals surface area (Å²) < 4.78 is 22.5. The molecular formula is C16H21NO4. The van der Waals surface area contributed by atoms with Gasteiger partial charge in [-0.25, -0.2) is 0 Å². The molecule has 0 amide bonds. The summed E-state index contributed by atoms with van der Waals surface area (Å²) in [5.41, 5.74) is 1.25. The highest BCUT2D eigenvalue weighted by Gasteiger charge is 2.42. The minimum Gasteiger partial charge on any atom is -0.454 e. The van der Waals surface area contributed by atoms with E-state index in [-0.39, 0.29) is 12.2 Å². The fourth-order valence-corrected chi connectivity index (χ4v) is 3.75. The Kier molecular flexibility index (Phi) is 3.49. The molecule has 114 valence electrons. The summed E-state index contributed by atoms with van der Waals surface area (Å²) in [6.45, 7) is 2.96. The normalized spacial score (nSPS) is 31.4. The molecule has 0 unspecified atom stereocenters. The lowest BCUT2D eigenvalue weighted by atomic mass is 10.1. The lowest BCUT2D eigenvalue weighted by Crippen LogP contribution is -2.42. The zero-order valence-corrected chi connectivity index (χ0v) is 12.3. The molecule has 1 aromatic carbocycles. The van der Waals surface area contributed by atoms with Gasteiger partial charge in [0, 0.05) is 26.2 Å². The Morgan fingerprint density at radius 1 is 1.24 bits per heavy atom. The third-order valence-electron chi connectivity index (χ3n) is 4.77. The first kappa shape index (κ1) is 13.4. The molecule has 1 aromatic rings. The van der Waals surface area contributed by atoms with E-state index in [9.17, 15) is 0 Å². The van der Waals surface area contributed by atoms with Crippen molar-refractivity contribution < 1.29 is 18.9 Å². The molecule has 2 bridgehead atoms. The molecule has 2 aliphatic heterocycles. The Hall–Kier alpha value is -1.30. The summed E-state index contributed by atoms with van der Waals surface area (Å²) >= 11 is 0. The fourth-order valence-electron chi connectivity index (χ4n) is 3.75. The highest BCUT2D eigenvalue weighted by Crippen LogP contribution is 2.35. The summed E-state index contributed by atoms with van der Waals surface area (Å²) in [5, 5.41) is 0. The largest absolute Gasteiger partial charge is 0.454 e. The smallest absolute Gasteiger partial charge is 0.231 e. The predicted octanol–water partition coefficient (Wildman–Crippen LogP) is 1.79. The van der Waals surface area contributed by atoms with Crippen LogP contribution in [0.2, 0.25) is 0 Å². The highest BCUT2D eigenvalue weighted by molar-refractivity contribution is 5.44. The molecule has 0 aromatic heterocycles.